The first-order valence-electron chi connectivity index (χ1n) is 6.25. The Hall–Kier alpha value is -1.30. The van der Waals surface area contributed by atoms with Crippen LogP contribution in [0.2, 0.25) is 0 Å². The van der Waals surface area contributed by atoms with Gasteiger partial charge in [0, 0.05) is 11.7 Å². The summed E-state index contributed by atoms with van der Waals surface area (Å²) in [5.74, 6) is -0.987. The summed E-state index contributed by atoms with van der Waals surface area (Å²) in [5, 5.41) is 3.03. The highest BCUT2D eigenvalue weighted by atomic mass is 19.4. The molecule has 0 bridgehead atoms. The summed E-state index contributed by atoms with van der Waals surface area (Å²) < 4.78 is 50.9. The number of benzene rings is 1. The maximum atomic E-state index is 13.2. The lowest BCUT2D eigenvalue weighted by Crippen LogP contribution is -2.29. The molecule has 1 aliphatic carbocycles. The van der Waals surface area contributed by atoms with E-state index in [1.165, 1.54) is 6.07 Å². The highest BCUT2D eigenvalue weighted by Gasteiger charge is 2.34. The van der Waals surface area contributed by atoms with Gasteiger partial charge in [0.15, 0.2) is 0 Å². The number of hydrogen-bond acceptors (Lipinski definition) is 2. The molecular weight excluding hydrogens is 260 g/mol. The average Bonchev–Trinajstić information content (AvgIpc) is 2.77. The van der Waals surface area contributed by atoms with Crippen LogP contribution in [0.1, 0.15) is 24.8 Å². The third-order valence-corrected chi connectivity index (χ3v) is 3.59. The van der Waals surface area contributed by atoms with Crippen molar-refractivity contribution in [2.45, 2.75) is 31.5 Å². The summed E-state index contributed by atoms with van der Waals surface area (Å²) in [5.41, 5.74) is 4.68. The van der Waals surface area contributed by atoms with Crippen LogP contribution in [0.4, 0.5) is 23.2 Å². The second kappa shape index (κ2) is 5.36. The third kappa shape index (κ3) is 3.18. The molecule has 1 saturated carbocycles. The van der Waals surface area contributed by atoms with Crippen molar-refractivity contribution >= 4 is 5.69 Å². The zero-order valence-electron chi connectivity index (χ0n) is 10.3. The van der Waals surface area contributed by atoms with Crippen LogP contribution in [0, 0.1) is 11.7 Å². The Bertz CT molecular complexity index is 445. The molecule has 0 aliphatic heterocycles. The predicted molar refractivity (Wildman–Crippen MR) is 65.2 cm³/mol. The molecule has 106 valence electrons. The van der Waals surface area contributed by atoms with Gasteiger partial charge < -0.3 is 11.1 Å². The number of nitrogens with one attached hydrogen (secondary N) is 1. The van der Waals surface area contributed by atoms with Crippen LogP contribution in [0.5, 0.6) is 0 Å². The van der Waals surface area contributed by atoms with E-state index < -0.39 is 17.6 Å². The van der Waals surface area contributed by atoms with E-state index in [0.717, 1.165) is 31.4 Å². The minimum absolute atomic E-state index is 0.0662. The Balaban J connectivity index is 2.17. The molecule has 2 atom stereocenters. The minimum Gasteiger partial charge on any atom is -0.382 e. The third-order valence-electron chi connectivity index (χ3n) is 3.59. The molecule has 0 aromatic heterocycles. The van der Waals surface area contributed by atoms with E-state index in [2.05, 4.69) is 5.32 Å². The van der Waals surface area contributed by atoms with Crippen LogP contribution < -0.4 is 11.1 Å². The first kappa shape index (κ1) is 14.1. The standard InChI is InChI=1S/C13H16F4N2/c14-11-5-4-9(6-10(11)13(15,16)17)19-12-3-1-2-8(12)7-18/h4-6,8,12,19H,1-3,7,18H2. The molecular formula is C13H16F4N2. The van der Waals surface area contributed by atoms with E-state index >= 15 is 0 Å². The molecule has 0 radical (unpaired) electrons. The molecule has 0 heterocycles. The summed E-state index contributed by atoms with van der Waals surface area (Å²) in [6.07, 6.45) is -1.82. The molecule has 19 heavy (non-hydrogen) atoms. The van der Waals surface area contributed by atoms with E-state index in [1.54, 1.807) is 0 Å². The highest BCUT2D eigenvalue weighted by Crippen LogP contribution is 2.34. The SMILES string of the molecule is NCC1CCCC1Nc1ccc(F)c(C(F)(F)F)c1. The number of alkyl halides is 3. The van der Waals surface area contributed by atoms with Gasteiger partial charge in [-0.1, -0.05) is 6.42 Å². The van der Waals surface area contributed by atoms with Crippen LogP contribution >= 0.6 is 0 Å². The molecule has 1 aliphatic rings. The second-order valence-electron chi connectivity index (χ2n) is 4.87. The Labute approximate surface area is 109 Å². The van der Waals surface area contributed by atoms with Crippen molar-refractivity contribution in [2.75, 3.05) is 11.9 Å². The summed E-state index contributed by atoms with van der Waals surface area (Å²) in [4.78, 5) is 0. The number of nitrogens with two attached hydrogens (primary N) is 1. The van der Waals surface area contributed by atoms with Gasteiger partial charge in [-0.05, 0) is 43.5 Å². The summed E-state index contributed by atoms with van der Waals surface area (Å²) in [6.45, 7) is 0.505. The van der Waals surface area contributed by atoms with Crippen LogP contribution in [0.3, 0.4) is 0 Å². The molecule has 3 N–H and O–H groups in total. The van der Waals surface area contributed by atoms with Gasteiger partial charge in [-0.25, -0.2) is 4.39 Å². The maximum absolute atomic E-state index is 13.2. The van der Waals surface area contributed by atoms with Crippen molar-refractivity contribution in [1.82, 2.24) is 0 Å². The van der Waals surface area contributed by atoms with Crippen molar-refractivity contribution < 1.29 is 17.6 Å². The molecule has 0 saturated heterocycles. The topological polar surface area (TPSA) is 38.0 Å². The van der Waals surface area contributed by atoms with Crippen LogP contribution in [0.25, 0.3) is 0 Å². The molecule has 0 amide bonds. The number of anilines is 1. The lowest BCUT2D eigenvalue weighted by Gasteiger charge is -2.21. The van der Waals surface area contributed by atoms with E-state index in [-0.39, 0.29) is 12.0 Å². The first-order valence-corrected chi connectivity index (χ1v) is 6.25. The molecule has 1 fully saturated rings. The van der Waals surface area contributed by atoms with Crippen molar-refractivity contribution in [3.8, 4) is 0 Å². The van der Waals surface area contributed by atoms with Gasteiger partial charge in [-0.15, -0.1) is 0 Å². The van der Waals surface area contributed by atoms with E-state index in [9.17, 15) is 17.6 Å². The average molecular weight is 276 g/mol. The lowest BCUT2D eigenvalue weighted by atomic mass is 10.0. The van der Waals surface area contributed by atoms with Crippen molar-refractivity contribution in [3.63, 3.8) is 0 Å². The monoisotopic (exact) mass is 276 g/mol. The molecule has 1 aromatic rings. The summed E-state index contributed by atoms with van der Waals surface area (Å²) in [6, 6.07) is 3.06. The largest absolute Gasteiger partial charge is 0.419 e. The van der Waals surface area contributed by atoms with E-state index in [1.807, 2.05) is 0 Å². The van der Waals surface area contributed by atoms with Gasteiger partial charge in [0.2, 0.25) is 0 Å². The quantitative estimate of drug-likeness (QED) is 0.830. The van der Waals surface area contributed by atoms with Gasteiger partial charge in [-0.3, -0.25) is 0 Å². The number of rotatable bonds is 3. The van der Waals surface area contributed by atoms with Crippen molar-refractivity contribution in [2.24, 2.45) is 11.7 Å². The van der Waals surface area contributed by atoms with Crippen molar-refractivity contribution in [1.29, 1.82) is 0 Å². The molecule has 2 nitrogen and oxygen atoms in total. The fourth-order valence-corrected chi connectivity index (χ4v) is 2.56. The van der Waals surface area contributed by atoms with Crippen molar-refractivity contribution in [3.05, 3.63) is 29.6 Å². The molecule has 0 spiro atoms. The molecule has 2 unspecified atom stereocenters. The van der Waals surface area contributed by atoms with Gasteiger partial charge >= 0.3 is 6.18 Å². The van der Waals surface area contributed by atoms with Gasteiger partial charge in [0.05, 0.1) is 5.56 Å². The minimum atomic E-state index is -4.68. The summed E-state index contributed by atoms with van der Waals surface area (Å²) >= 11 is 0. The Morgan fingerprint density at radius 3 is 2.63 bits per heavy atom. The fraction of sp³-hybridized carbons (Fsp3) is 0.538. The fourth-order valence-electron chi connectivity index (χ4n) is 2.56. The number of hydrogen-bond donors (Lipinski definition) is 2. The van der Waals surface area contributed by atoms with E-state index in [4.69, 9.17) is 5.73 Å². The molecule has 6 heteroatoms. The maximum Gasteiger partial charge on any atom is 0.419 e. The van der Waals surface area contributed by atoms with Crippen LogP contribution in [-0.2, 0) is 6.18 Å². The second-order valence-corrected chi connectivity index (χ2v) is 4.87. The molecule has 2 rings (SSSR count). The Morgan fingerprint density at radius 1 is 1.26 bits per heavy atom. The lowest BCUT2D eigenvalue weighted by molar-refractivity contribution is -0.139. The Morgan fingerprint density at radius 2 is 2.00 bits per heavy atom. The number of halogens is 4. The zero-order valence-corrected chi connectivity index (χ0v) is 10.3. The van der Waals surface area contributed by atoms with Gasteiger partial charge in [-0.2, -0.15) is 13.2 Å². The smallest absolute Gasteiger partial charge is 0.382 e. The van der Waals surface area contributed by atoms with Gasteiger partial charge in [0.1, 0.15) is 5.82 Å². The van der Waals surface area contributed by atoms with E-state index in [0.29, 0.717) is 12.2 Å². The highest BCUT2D eigenvalue weighted by molar-refractivity contribution is 5.48. The normalized spacial score (nSPS) is 23.6. The predicted octanol–water partition coefficient (Wildman–Crippen LogP) is 3.38. The Kier molecular flexibility index (Phi) is 3.99. The molecule has 1 aromatic carbocycles. The zero-order chi connectivity index (χ0) is 14.0. The van der Waals surface area contributed by atoms with Crippen LogP contribution in [-0.4, -0.2) is 12.6 Å². The van der Waals surface area contributed by atoms with Gasteiger partial charge in [0.25, 0.3) is 0 Å². The van der Waals surface area contributed by atoms with Crippen LogP contribution in [0.15, 0.2) is 18.2 Å². The first-order chi connectivity index (χ1) is 8.91. The summed E-state index contributed by atoms with van der Waals surface area (Å²) in [7, 11) is 0.